The number of thiophene rings is 1. The topological polar surface area (TPSA) is 125 Å². The van der Waals surface area contributed by atoms with E-state index in [9.17, 15) is 24.5 Å². The van der Waals surface area contributed by atoms with Crippen molar-refractivity contribution in [3.05, 3.63) is 75.2 Å². The monoisotopic (exact) mass is 454 g/mol. The molecule has 0 atom stereocenters. The Balaban J connectivity index is 2.03. The first-order valence-electron chi connectivity index (χ1n) is 9.44. The maximum absolute atomic E-state index is 13.0. The third-order valence-electron chi connectivity index (χ3n) is 4.25. The summed E-state index contributed by atoms with van der Waals surface area (Å²) < 4.78 is 10.2. The van der Waals surface area contributed by atoms with E-state index in [1.807, 2.05) is 30.3 Å². The fourth-order valence-corrected chi connectivity index (χ4v) is 3.86. The maximum Gasteiger partial charge on any atom is 0.341 e. The summed E-state index contributed by atoms with van der Waals surface area (Å²) in [6.07, 6.45) is 0. The van der Waals surface area contributed by atoms with Crippen LogP contribution in [-0.4, -0.2) is 29.4 Å². The van der Waals surface area contributed by atoms with Gasteiger partial charge in [0.05, 0.1) is 17.1 Å². The van der Waals surface area contributed by atoms with Crippen molar-refractivity contribution in [2.75, 3.05) is 11.9 Å². The number of nitro benzene ring substituents is 1. The number of ether oxygens (including phenoxy) is 2. The molecule has 0 unspecified atom stereocenters. The zero-order valence-electron chi connectivity index (χ0n) is 17.1. The first kappa shape index (κ1) is 22.6. The van der Waals surface area contributed by atoms with Crippen molar-refractivity contribution in [2.45, 2.75) is 13.8 Å². The molecular formula is C22H18N2O7S. The molecule has 164 valence electrons. The van der Waals surface area contributed by atoms with Gasteiger partial charge >= 0.3 is 11.9 Å². The molecule has 32 heavy (non-hydrogen) atoms. The number of non-ortho nitro benzene ring substituents is 1. The largest absolute Gasteiger partial charge is 0.462 e. The van der Waals surface area contributed by atoms with E-state index in [-0.39, 0.29) is 34.2 Å². The van der Waals surface area contributed by atoms with Gasteiger partial charge in [0.15, 0.2) is 0 Å². The highest BCUT2D eigenvalue weighted by Gasteiger charge is 2.25. The quantitative estimate of drug-likeness (QED) is 0.238. The molecule has 0 radical (unpaired) electrons. The van der Waals surface area contributed by atoms with E-state index in [4.69, 9.17) is 9.47 Å². The molecule has 1 aromatic heterocycles. The van der Waals surface area contributed by atoms with Crippen molar-refractivity contribution in [1.82, 2.24) is 0 Å². The lowest BCUT2D eigenvalue weighted by Crippen LogP contribution is -2.17. The highest BCUT2D eigenvalue weighted by atomic mass is 32.1. The van der Waals surface area contributed by atoms with Crippen LogP contribution in [0, 0.1) is 10.1 Å². The number of anilines is 1. The minimum atomic E-state index is -0.781. The molecule has 1 heterocycles. The SMILES string of the molecule is CCOC(=O)c1c(-c2ccccc2)csc1NC(=O)c1cc([N+](=O)[O-])ccc1OC(C)=O. The smallest absolute Gasteiger partial charge is 0.341 e. The number of carbonyl (C=O) groups excluding carboxylic acids is 3. The van der Waals surface area contributed by atoms with Crippen molar-refractivity contribution < 1.29 is 28.8 Å². The number of amides is 1. The Labute approximate surface area is 186 Å². The van der Waals surface area contributed by atoms with Gasteiger partial charge in [-0.1, -0.05) is 30.3 Å². The Kier molecular flexibility index (Phi) is 6.96. The lowest BCUT2D eigenvalue weighted by atomic mass is 10.0. The Morgan fingerprint density at radius 1 is 1.12 bits per heavy atom. The first-order valence-corrected chi connectivity index (χ1v) is 10.3. The van der Waals surface area contributed by atoms with Gasteiger partial charge in [-0.15, -0.1) is 11.3 Å². The van der Waals surface area contributed by atoms with Gasteiger partial charge in [-0.3, -0.25) is 19.7 Å². The summed E-state index contributed by atoms with van der Waals surface area (Å²) in [6, 6.07) is 12.4. The van der Waals surface area contributed by atoms with Crippen LogP contribution in [0.4, 0.5) is 10.7 Å². The highest BCUT2D eigenvalue weighted by molar-refractivity contribution is 7.15. The summed E-state index contributed by atoms with van der Waals surface area (Å²) in [4.78, 5) is 47.5. The van der Waals surface area contributed by atoms with Gasteiger partial charge in [0.1, 0.15) is 16.3 Å². The Morgan fingerprint density at radius 3 is 2.47 bits per heavy atom. The molecule has 0 spiro atoms. The number of nitrogens with zero attached hydrogens (tertiary/aromatic N) is 1. The zero-order chi connectivity index (χ0) is 23.3. The van der Waals surface area contributed by atoms with Crippen molar-refractivity contribution in [1.29, 1.82) is 0 Å². The van der Waals surface area contributed by atoms with Crippen LogP contribution in [-0.2, 0) is 9.53 Å². The number of nitro groups is 1. The first-order chi connectivity index (χ1) is 15.3. The molecule has 10 heteroatoms. The molecule has 0 aliphatic carbocycles. The fraction of sp³-hybridized carbons (Fsp3) is 0.136. The summed E-state index contributed by atoms with van der Waals surface area (Å²) in [5, 5.41) is 15.7. The Hall–Kier alpha value is -4.05. The summed E-state index contributed by atoms with van der Waals surface area (Å²) in [5.74, 6) is -2.24. The van der Waals surface area contributed by atoms with Gasteiger partial charge in [0.25, 0.3) is 11.6 Å². The van der Waals surface area contributed by atoms with Crippen molar-refractivity contribution >= 4 is 39.9 Å². The number of hydrogen-bond acceptors (Lipinski definition) is 8. The molecule has 0 saturated heterocycles. The van der Waals surface area contributed by atoms with Gasteiger partial charge in [-0.2, -0.15) is 0 Å². The van der Waals surface area contributed by atoms with Crippen molar-refractivity contribution in [2.24, 2.45) is 0 Å². The molecule has 0 saturated carbocycles. The van der Waals surface area contributed by atoms with Crippen LogP contribution in [0.25, 0.3) is 11.1 Å². The standard InChI is InChI=1S/C22H18N2O7S/c1-3-30-22(27)19-17(14-7-5-4-6-8-14)12-32-21(19)23-20(26)16-11-15(24(28)29)9-10-18(16)31-13(2)25/h4-12H,3H2,1-2H3,(H,23,26). The summed E-state index contributed by atoms with van der Waals surface area (Å²) in [6.45, 7) is 2.95. The number of carbonyl (C=O) groups is 3. The number of rotatable bonds is 7. The van der Waals surface area contributed by atoms with Crippen LogP contribution in [0.2, 0.25) is 0 Å². The van der Waals surface area contributed by atoms with Crippen LogP contribution in [0.3, 0.4) is 0 Å². The molecular weight excluding hydrogens is 436 g/mol. The zero-order valence-corrected chi connectivity index (χ0v) is 17.9. The van der Waals surface area contributed by atoms with E-state index < -0.39 is 22.8 Å². The van der Waals surface area contributed by atoms with Crippen LogP contribution in [0.5, 0.6) is 5.75 Å². The third-order valence-corrected chi connectivity index (χ3v) is 5.15. The molecule has 0 bridgehead atoms. The van der Waals surface area contributed by atoms with Crippen LogP contribution >= 0.6 is 11.3 Å². The minimum Gasteiger partial charge on any atom is -0.462 e. The molecule has 1 N–H and O–H groups in total. The van der Waals surface area contributed by atoms with Gasteiger partial charge in [-0.05, 0) is 18.6 Å². The number of benzene rings is 2. The van der Waals surface area contributed by atoms with Crippen molar-refractivity contribution in [3.63, 3.8) is 0 Å². The van der Waals surface area contributed by atoms with E-state index >= 15 is 0 Å². The van der Waals surface area contributed by atoms with Gasteiger partial charge in [-0.25, -0.2) is 4.79 Å². The van der Waals surface area contributed by atoms with E-state index in [1.54, 1.807) is 12.3 Å². The molecule has 1 amide bonds. The second-order valence-corrected chi connectivity index (χ2v) is 7.30. The highest BCUT2D eigenvalue weighted by Crippen LogP contribution is 2.37. The Bertz CT molecular complexity index is 1190. The normalized spacial score (nSPS) is 10.3. The number of hydrogen-bond donors (Lipinski definition) is 1. The second-order valence-electron chi connectivity index (χ2n) is 6.43. The van der Waals surface area contributed by atoms with Gasteiger partial charge in [0.2, 0.25) is 0 Å². The molecule has 0 fully saturated rings. The second kappa shape index (κ2) is 9.84. The molecule has 3 aromatic rings. The van der Waals surface area contributed by atoms with Crippen molar-refractivity contribution in [3.8, 4) is 16.9 Å². The van der Waals surface area contributed by atoms with Crippen LogP contribution in [0.15, 0.2) is 53.9 Å². The van der Waals surface area contributed by atoms with Crippen LogP contribution < -0.4 is 10.1 Å². The molecule has 2 aromatic carbocycles. The molecule has 3 rings (SSSR count). The van der Waals surface area contributed by atoms with E-state index in [2.05, 4.69) is 5.32 Å². The summed E-state index contributed by atoms with van der Waals surface area (Å²) >= 11 is 1.10. The predicted octanol–water partition coefficient (Wildman–Crippen LogP) is 4.68. The van der Waals surface area contributed by atoms with E-state index in [0.29, 0.717) is 5.56 Å². The van der Waals surface area contributed by atoms with E-state index in [1.165, 1.54) is 6.07 Å². The van der Waals surface area contributed by atoms with Gasteiger partial charge < -0.3 is 14.8 Å². The summed E-state index contributed by atoms with van der Waals surface area (Å²) in [7, 11) is 0. The lowest BCUT2D eigenvalue weighted by molar-refractivity contribution is -0.384. The third kappa shape index (κ3) is 4.98. The molecule has 0 aliphatic rings. The average molecular weight is 454 g/mol. The number of nitrogens with one attached hydrogen (secondary N) is 1. The van der Waals surface area contributed by atoms with Crippen LogP contribution in [0.1, 0.15) is 34.6 Å². The van der Waals surface area contributed by atoms with E-state index in [0.717, 1.165) is 36.0 Å². The Morgan fingerprint density at radius 2 is 1.84 bits per heavy atom. The lowest BCUT2D eigenvalue weighted by Gasteiger charge is -2.11. The van der Waals surface area contributed by atoms with Gasteiger partial charge in [0, 0.05) is 30.0 Å². The average Bonchev–Trinajstić information content (AvgIpc) is 3.17. The summed E-state index contributed by atoms with van der Waals surface area (Å²) in [5.41, 5.74) is 0.911. The number of esters is 2. The molecule has 9 nitrogen and oxygen atoms in total. The minimum absolute atomic E-state index is 0.137. The molecule has 0 aliphatic heterocycles. The predicted molar refractivity (Wildman–Crippen MR) is 118 cm³/mol. The maximum atomic E-state index is 13.0. The fourth-order valence-electron chi connectivity index (χ4n) is 2.91.